The lowest BCUT2D eigenvalue weighted by atomic mass is 10.2. The third-order valence-electron chi connectivity index (χ3n) is 3.49. The molecule has 0 amide bonds. The van der Waals surface area contributed by atoms with Gasteiger partial charge in [0.2, 0.25) is 10.0 Å². The maximum Gasteiger partial charge on any atom is 0.216 e. The molecule has 0 saturated carbocycles. The third kappa shape index (κ3) is 4.13. The van der Waals surface area contributed by atoms with E-state index in [-0.39, 0.29) is 18.9 Å². The largest absolute Gasteiger partial charge is 0.486 e. The molecule has 0 unspecified atom stereocenters. The molecule has 5 nitrogen and oxygen atoms in total. The van der Waals surface area contributed by atoms with Crippen molar-refractivity contribution >= 4 is 33.2 Å². The molecule has 1 heterocycles. The van der Waals surface area contributed by atoms with Crippen LogP contribution in [-0.2, 0) is 15.8 Å². The Labute approximate surface area is 150 Å². The predicted molar refractivity (Wildman–Crippen MR) is 93.4 cm³/mol. The summed E-state index contributed by atoms with van der Waals surface area (Å²) in [5, 5.41) is 0.637. The van der Waals surface area contributed by atoms with Crippen molar-refractivity contribution in [2.75, 3.05) is 13.2 Å². The molecule has 24 heavy (non-hydrogen) atoms. The van der Waals surface area contributed by atoms with Gasteiger partial charge in [-0.25, -0.2) is 13.1 Å². The minimum absolute atomic E-state index is 0.0960. The highest BCUT2D eigenvalue weighted by atomic mass is 35.5. The Kier molecular flexibility index (Phi) is 5.20. The first-order valence-corrected chi connectivity index (χ1v) is 9.64. The summed E-state index contributed by atoms with van der Waals surface area (Å²) in [4.78, 5) is 0. The summed E-state index contributed by atoms with van der Waals surface area (Å²) >= 11 is 12.0. The average molecular weight is 388 g/mol. The van der Waals surface area contributed by atoms with Gasteiger partial charge in [-0.15, -0.1) is 0 Å². The summed E-state index contributed by atoms with van der Waals surface area (Å²) < 4.78 is 38.3. The van der Waals surface area contributed by atoms with Crippen LogP contribution < -0.4 is 14.2 Å². The highest BCUT2D eigenvalue weighted by Gasteiger charge is 2.23. The van der Waals surface area contributed by atoms with Gasteiger partial charge < -0.3 is 9.47 Å². The molecule has 1 atom stereocenters. The van der Waals surface area contributed by atoms with Crippen molar-refractivity contribution in [3.8, 4) is 11.5 Å². The molecule has 2 aromatic rings. The lowest BCUT2D eigenvalue weighted by Crippen LogP contribution is -2.41. The Bertz CT molecular complexity index is 821. The predicted octanol–water partition coefficient (Wildman–Crippen LogP) is 3.25. The van der Waals surface area contributed by atoms with Crippen LogP contribution in [0, 0.1) is 0 Å². The van der Waals surface area contributed by atoms with Crippen LogP contribution in [-0.4, -0.2) is 27.7 Å². The highest BCUT2D eigenvalue weighted by Crippen LogP contribution is 2.31. The summed E-state index contributed by atoms with van der Waals surface area (Å²) in [5.74, 6) is 0.955. The number of rotatable bonds is 5. The van der Waals surface area contributed by atoms with Crippen LogP contribution in [0.25, 0.3) is 0 Å². The van der Waals surface area contributed by atoms with E-state index in [9.17, 15) is 8.42 Å². The number of hydrogen-bond donors (Lipinski definition) is 1. The van der Waals surface area contributed by atoms with Gasteiger partial charge in [-0.1, -0.05) is 41.4 Å². The van der Waals surface area contributed by atoms with E-state index in [0.717, 1.165) is 0 Å². The maximum absolute atomic E-state index is 12.3. The lowest BCUT2D eigenvalue weighted by Gasteiger charge is -2.26. The zero-order valence-corrected chi connectivity index (χ0v) is 14.9. The molecule has 0 saturated heterocycles. The Balaban J connectivity index is 1.62. The first-order valence-electron chi connectivity index (χ1n) is 7.23. The molecule has 0 bridgehead atoms. The lowest BCUT2D eigenvalue weighted by molar-refractivity contribution is 0.0943. The summed E-state index contributed by atoms with van der Waals surface area (Å²) in [5.41, 5.74) is 0.375. The Morgan fingerprint density at radius 2 is 1.71 bits per heavy atom. The fourth-order valence-electron chi connectivity index (χ4n) is 2.29. The molecule has 0 radical (unpaired) electrons. The van der Waals surface area contributed by atoms with E-state index in [2.05, 4.69) is 4.72 Å². The molecular formula is C16H15Cl2NO4S. The number of sulfonamides is 1. The Hall–Kier alpha value is -1.47. The summed E-state index contributed by atoms with van der Waals surface area (Å²) in [6, 6.07) is 12.1. The van der Waals surface area contributed by atoms with Gasteiger partial charge in [-0.05, 0) is 24.3 Å². The second-order valence-corrected chi connectivity index (χ2v) is 7.93. The van der Waals surface area contributed by atoms with Crippen molar-refractivity contribution in [1.82, 2.24) is 4.72 Å². The van der Waals surface area contributed by atoms with Crippen molar-refractivity contribution in [1.29, 1.82) is 0 Å². The number of hydrogen-bond acceptors (Lipinski definition) is 4. The molecule has 3 rings (SSSR count). The van der Waals surface area contributed by atoms with E-state index < -0.39 is 16.1 Å². The van der Waals surface area contributed by atoms with Crippen molar-refractivity contribution in [2.24, 2.45) is 0 Å². The highest BCUT2D eigenvalue weighted by molar-refractivity contribution is 7.88. The van der Waals surface area contributed by atoms with E-state index in [4.69, 9.17) is 32.7 Å². The SMILES string of the molecule is O=S(=O)(Cc1c(Cl)cccc1Cl)NC[C@H]1COc2ccccc2O1. The summed E-state index contributed by atoms with van der Waals surface area (Å²) in [6.07, 6.45) is -0.406. The fraction of sp³-hybridized carbons (Fsp3) is 0.250. The molecule has 128 valence electrons. The monoisotopic (exact) mass is 387 g/mol. The number of halogens is 2. The van der Waals surface area contributed by atoms with E-state index >= 15 is 0 Å². The van der Waals surface area contributed by atoms with E-state index in [0.29, 0.717) is 27.1 Å². The van der Waals surface area contributed by atoms with Crippen molar-refractivity contribution in [2.45, 2.75) is 11.9 Å². The second kappa shape index (κ2) is 7.19. The van der Waals surface area contributed by atoms with Crippen LogP contribution in [0.4, 0.5) is 0 Å². The molecule has 0 spiro atoms. The normalized spacial score (nSPS) is 16.8. The van der Waals surface area contributed by atoms with Crippen molar-refractivity contribution < 1.29 is 17.9 Å². The zero-order valence-electron chi connectivity index (χ0n) is 12.5. The van der Waals surface area contributed by atoms with Gasteiger partial charge in [0.1, 0.15) is 12.7 Å². The van der Waals surface area contributed by atoms with Gasteiger partial charge in [0, 0.05) is 15.6 Å². The van der Waals surface area contributed by atoms with E-state index in [1.165, 1.54) is 0 Å². The summed E-state index contributed by atoms with van der Waals surface area (Å²) in [6.45, 7) is 0.366. The van der Waals surface area contributed by atoms with Crippen LogP contribution in [0.2, 0.25) is 10.0 Å². The zero-order chi connectivity index (χ0) is 17.2. The first-order chi connectivity index (χ1) is 11.4. The minimum Gasteiger partial charge on any atom is -0.486 e. The minimum atomic E-state index is -3.61. The van der Waals surface area contributed by atoms with E-state index in [1.807, 2.05) is 12.1 Å². The Morgan fingerprint density at radius 1 is 1.04 bits per heavy atom. The first kappa shape index (κ1) is 17.4. The number of nitrogens with one attached hydrogen (secondary N) is 1. The molecule has 0 fully saturated rings. The second-order valence-electron chi connectivity index (χ2n) is 5.31. The van der Waals surface area contributed by atoms with Gasteiger partial charge in [0.05, 0.1) is 12.3 Å². The van der Waals surface area contributed by atoms with Crippen LogP contribution in [0.15, 0.2) is 42.5 Å². The molecule has 0 aromatic heterocycles. The number of fused-ring (bicyclic) bond motifs is 1. The molecule has 1 aliphatic rings. The van der Waals surface area contributed by atoms with Crippen molar-refractivity contribution in [3.63, 3.8) is 0 Å². The molecular weight excluding hydrogens is 373 g/mol. The van der Waals surface area contributed by atoms with Crippen LogP contribution in [0.3, 0.4) is 0 Å². The topological polar surface area (TPSA) is 64.6 Å². The molecule has 2 aromatic carbocycles. The van der Waals surface area contributed by atoms with Gasteiger partial charge in [0.15, 0.2) is 11.5 Å². The van der Waals surface area contributed by atoms with Gasteiger partial charge in [-0.3, -0.25) is 0 Å². The quantitative estimate of drug-likeness (QED) is 0.854. The van der Waals surface area contributed by atoms with E-state index in [1.54, 1.807) is 30.3 Å². The smallest absolute Gasteiger partial charge is 0.216 e. The number of ether oxygens (including phenoxy) is 2. The number of para-hydroxylation sites is 2. The van der Waals surface area contributed by atoms with Gasteiger partial charge in [0.25, 0.3) is 0 Å². The van der Waals surface area contributed by atoms with Gasteiger partial charge >= 0.3 is 0 Å². The van der Waals surface area contributed by atoms with Gasteiger partial charge in [-0.2, -0.15) is 0 Å². The van der Waals surface area contributed by atoms with Crippen LogP contribution in [0.5, 0.6) is 11.5 Å². The van der Waals surface area contributed by atoms with Crippen molar-refractivity contribution in [3.05, 3.63) is 58.1 Å². The van der Waals surface area contributed by atoms with Crippen LogP contribution in [0.1, 0.15) is 5.56 Å². The standard InChI is InChI=1S/C16H15Cl2NO4S/c17-13-4-3-5-14(18)12(13)10-24(20,21)19-8-11-9-22-15-6-1-2-7-16(15)23-11/h1-7,11,19H,8-10H2/t11-/m0/s1. The summed E-state index contributed by atoms with van der Waals surface area (Å²) in [7, 11) is -3.61. The fourth-order valence-corrected chi connectivity index (χ4v) is 4.22. The Morgan fingerprint density at radius 3 is 2.42 bits per heavy atom. The molecule has 0 aliphatic carbocycles. The molecule has 8 heteroatoms. The average Bonchev–Trinajstić information content (AvgIpc) is 2.56. The maximum atomic E-state index is 12.3. The molecule has 1 aliphatic heterocycles. The number of benzene rings is 2. The third-order valence-corrected chi connectivity index (χ3v) is 5.48. The molecule has 1 N–H and O–H groups in total. The van der Waals surface area contributed by atoms with Crippen LogP contribution >= 0.6 is 23.2 Å².